The van der Waals surface area contributed by atoms with Crippen LogP contribution < -0.4 is 5.32 Å². The molecular weight excluding hydrogens is 232 g/mol. The lowest BCUT2D eigenvalue weighted by atomic mass is 9.73. The first-order valence-electron chi connectivity index (χ1n) is 7.92. The molecule has 2 aliphatic rings. The van der Waals surface area contributed by atoms with Crippen LogP contribution in [0.3, 0.4) is 0 Å². The smallest absolute Gasteiger partial charge is 0.0482 e. The molecule has 2 unspecified atom stereocenters. The molecule has 0 spiro atoms. The van der Waals surface area contributed by atoms with Crippen LogP contribution in [0.4, 0.5) is 0 Å². The molecule has 2 atom stereocenters. The maximum absolute atomic E-state index is 4.71. The largest absolute Gasteiger partial charge is 0.313 e. The third-order valence-corrected chi connectivity index (χ3v) is 5.33. The molecule has 2 aliphatic carbocycles. The molecule has 2 heteroatoms. The summed E-state index contributed by atoms with van der Waals surface area (Å²) >= 11 is 0. The fraction of sp³-hybridized carbons (Fsp3) is 0.706. The molecule has 0 aromatic carbocycles. The molecule has 2 nitrogen and oxygen atoms in total. The summed E-state index contributed by atoms with van der Waals surface area (Å²) in [6.07, 6.45) is 10.0. The van der Waals surface area contributed by atoms with Crippen LogP contribution in [0.25, 0.3) is 0 Å². The summed E-state index contributed by atoms with van der Waals surface area (Å²) in [5.74, 6) is 0.624. The number of fused-ring (bicyclic) bond motifs is 1. The van der Waals surface area contributed by atoms with Crippen molar-refractivity contribution in [3.63, 3.8) is 0 Å². The summed E-state index contributed by atoms with van der Waals surface area (Å²) in [6.45, 7) is 5.80. The van der Waals surface area contributed by atoms with Crippen molar-refractivity contribution in [2.45, 2.75) is 64.3 Å². The van der Waals surface area contributed by atoms with Gasteiger partial charge in [-0.2, -0.15) is 0 Å². The fourth-order valence-electron chi connectivity index (χ4n) is 4.36. The Labute approximate surface area is 117 Å². The molecule has 1 fully saturated rings. The number of rotatable bonds is 4. The average Bonchev–Trinajstić information content (AvgIpc) is 3.03. The highest BCUT2D eigenvalue weighted by Crippen LogP contribution is 2.48. The van der Waals surface area contributed by atoms with Gasteiger partial charge in [0.15, 0.2) is 0 Å². The van der Waals surface area contributed by atoms with E-state index in [0.717, 1.165) is 6.54 Å². The van der Waals surface area contributed by atoms with Gasteiger partial charge in [-0.25, -0.2) is 0 Å². The number of likely N-dealkylation sites (N-methyl/N-ethyl adjacent to an activating group) is 1. The molecule has 0 aliphatic heterocycles. The van der Waals surface area contributed by atoms with E-state index in [0.29, 0.717) is 17.4 Å². The summed E-state index contributed by atoms with van der Waals surface area (Å²) in [7, 11) is 0. The summed E-state index contributed by atoms with van der Waals surface area (Å²) in [5.41, 5.74) is 3.33. The Kier molecular flexibility index (Phi) is 3.62. The minimum Gasteiger partial charge on any atom is -0.313 e. The Bertz CT molecular complexity index is 435. The van der Waals surface area contributed by atoms with E-state index in [9.17, 15) is 0 Å². The highest BCUT2D eigenvalue weighted by molar-refractivity contribution is 5.30. The van der Waals surface area contributed by atoms with Gasteiger partial charge in [0.1, 0.15) is 0 Å². The van der Waals surface area contributed by atoms with Crippen molar-refractivity contribution in [3.05, 3.63) is 29.6 Å². The van der Waals surface area contributed by atoms with Crippen molar-refractivity contribution in [1.82, 2.24) is 10.3 Å². The summed E-state index contributed by atoms with van der Waals surface area (Å²) in [6, 6.07) is 4.96. The normalized spacial score (nSPS) is 26.3. The van der Waals surface area contributed by atoms with Gasteiger partial charge in [-0.1, -0.05) is 32.8 Å². The number of aryl methyl sites for hydroxylation is 1. The van der Waals surface area contributed by atoms with Crippen molar-refractivity contribution < 1.29 is 0 Å². The van der Waals surface area contributed by atoms with Gasteiger partial charge >= 0.3 is 0 Å². The third-order valence-electron chi connectivity index (χ3n) is 5.33. The Hall–Kier alpha value is -0.890. The topological polar surface area (TPSA) is 24.9 Å². The first-order chi connectivity index (χ1) is 9.24. The fourth-order valence-corrected chi connectivity index (χ4v) is 4.36. The lowest BCUT2D eigenvalue weighted by molar-refractivity contribution is 0.191. The molecule has 1 N–H and O–H groups in total. The molecular formula is C17H26N2. The molecule has 0 radical (unpaired) electrons. The van der Waals surface area contributed by atoms with E-state index in [1.165, 1.54) is 49.8 Å². The second-order valence-corrected chi connectivity index (χ2v) is 6.59. The number of nitrogens with one attached hydrogen (secondary N) is 1. The molecule has 0 amide bonds. The summed E-state index contributed by atoms with van der Waals surface area (Å²) < 4.78 is 0. The van der Waals surface area contributed by atoms with Crippen LogP contribution in [-0.4, -0.2) is 17.6 Å². The molecule has 3 rings (SSSR count). The van der Waals surface area contributed by atoms with Crippen LogP contribution in [0, 0.1) is 5.41 Å². The van der Waals surface area contributed by atoms with Crippen molar-refractivity contribution in [1.29, 1.82) is 0 Å². The van der Waals surface area contributed by atoms with Gasteiger partial charge in [0, 0.05) is 23.9 Å². The van der Waals surface area contributed by atoms with Gasteiger partial charge in [-0.05, 0) is 49.3 Å². The number of hydrogen-bond donors (Lipinski definition) is 1. The Balaban J connectivity index is 1.89. The second-order valence-electron chi connectivity index (χ2n) is 6.59. The number of aromatic nitrogens is 1. The summed E-state index contributed by atoms with van der Waals surface area (Å²) in [4.78, 5) is 4.71. The quantitative estimate of drug-likeness (QED) is 0.891. The molecule has 0 saturated heterocycles. The van der Waals surface area contributed by atoms with E-state index in [-0.39, 0.29) is 0 Å². The van der Waals surface area contributed by atoms with E-state index in [1.54, 1.807) is 0 Å². The third kappa shape index (κ3) is 2.31. The van der Waals surface area contributed by atoms with E-state index < -0.39 is 0 Å². The number of hydrogen-bond acceptors (Lipinski definition) is 2. The molecule has 104 valence electrons. The van der Waals surface area contributed by atoms with Gasteiger partial charge in [-0.3, -0.25) is 4.98 Å². The van der Waals surface area contributed by atoms with Crippen LogP contribution in [0.1, 0.15) is 63.1 Å². The van der Waals surface area contributed by atoms with Crippen LogP contribution in [0.2, 0.25) is 0 Å². The standard InChI is InChI=1S/C17H26N2/c1-3-18-16(17(2)10-4-5-11-17)14-9-8-13-7-6-12-19-15(13)14/h6-7,12,14,16,18H,3-5,8-11H2,1-2H3. The first kappa shape index (κ1) is 13.1. The van der Waals surface area contributed by atoms with Gasteiger partial charge in [0.05, 0.1) is 0 Å². The maximum Gasteiger partial charge on any atom is 0.0482 e. The lowest BCUT2D eigenvalue weighted by Crippen LogP contribution is -2.46. The monoisotopic (exact) mass is 258 g/mol. The zero-order chi connectivity index (χ0) is 13.3. The van der Waals surface area contributed by atoms with Crippen molar-refractivity contribution in [3.8, 4) is 0 Å². The SMILES string of the molecule is CCNC(C1CCc2cccnc21)C1(C)CCCC1. The maximum atomic E-state index is 4.71. The lowest BCUT2D eigenvalue weighted by Gasteiger charge is -2.39. The van der Waals surface area contributed by atoms with Crippen LogP contribution >= 0.6 is 0 Å². The van der Waals surface area contributed by atoms with Crippen LogP contribution in [0.5, 0.6) is 0 Å². The van der Waals surface area contributed by atoms with Crippen LogP contribution in [0.15, 0.2) is 18.3 Å². The first-order valence-corrected chi connectivity index (χ1v) is 7.92. The van der Waals surface area contributed by atoms with Crippen molar-refractivity contribution in [2.24, 2.45) is 5.41 Å². The predicted octanol–water partition coefficient (Wildman–Crippen LogP) is 3.67. The molecule has 19 heavy (non-hydrogen) atoms. The zero-order valence-electron chi connectivity index (χ0n) is 12.3. The number of pyridine rings is 1. The van der Waals surface area contributed by atoms with Gasteiger partial charge in [0.25, 0.3) is 0 Å². The number of nitrogens with zero attached hydrogens (tertiary/aromatic N) is 1. The zero-order valence-corrected chi connectivity index (χ0v) is 12.3. The highest BCUT2D eigenvalue weighted by atomic mass is 14.9. The predicted molar refractivity (Wildman–Crippen MR) is 79.3 cm³/mol. The van der Waals surface area contributed by atoms with Crippen molar-refractivity contribution in [2.75, 3.05) is 6.54 Å². The van der Waals surface area contributed by atoms with E-state index in [4.69, 9.17) is 4.98 Å². The molecule has 1 aromatic rings. The average molecular weight is 258 g/mol. The van der Waals surface area contributed by atoms with Gasteiger partial charge < -0.3 is 5.32 Å². The molecule has 1 saturated carbocycles. The van der Waals surface area contributed by atoms with Gasteiger partial charge in [-0.15, -0.1) is 0 Å². The minimum absolute atomic E-state index is 0.472. The molecule has 0 bridgehead atoms. The van der Waals surface area contributed by atoms with E-state index in [1.807, 2.05) is 6.20 Å². The molecule has 1 heterocycles. The Morgan fingerprint density at radius 1 is 1.42 bits per heavy atom. The van der Waals surface area contributed by atoms with E-state index >= 15 is 0 Å². The highest BCUT2D eigenvalue weighted by Gasteiger charge is 2.43. The van der Waals surface area contributed by atoms with Crippen LogP contribution in [-0.2, 0) is 6.42 Å². The minimum atomic E-state index is 0.472. The second kappa shape index (κ2) is 5.24. The van der Waals surface area contributed by atoms with E-state index in [2.05, 4.69) is 31.3 Å². The van der Waals surface area contributed by atoms with Gasteiger partial charge in [0.2, 0.25) is 0 Å². The Morgan fingerprint density at radius 2 is 2.21 bits per heavy atom. The molecule has 1 aromatic heterocycles. The summed E-state index contributed by atoms with van der Waals surface area (Å²) in [5, 5.41) is 3.81. The van der Waals surface area contributed by atoms with Crippen molar-refractivity contribution >= 4 is 0 Å². The Morgan fingerprint density at radius 3 is 2.95 bits per heavy atom.